The molecule has 0 amide bonds. The van der Waals surface area contributed by atoms with Crippen molar-refractivity contribution in [3.8, 4) is 12.3 Å². The van der Waals surface area contributed by atoms with E-state index in [-0.39, 0.29) is 0 Å². The second-order valence-electron chi connectivity index (χ2n) is 3.14. The van der Waals surface area contributed by atoms with Crippen molar-refractivity contribution >= 4 is 11.3 Å². The minimum atomic E-state index is 0.322. The average Bonchev–Trinajstić information content (AvgIpc) is 2.43. The van der Waals surface area contributed by atoms with Crippen LogP contribution in [0.4, 0.5) is 0 Å². The zero-order valence-electron chi connectivity index (χ0n) is 8.35. The van der Waals surface area contributed by atoms with Crippen LogP contribution in [0.2, 0.25) is 0 Å². The molecule has 1 nitrogen and oxygen atoms in total. The molecule has 0 bridgehead atoms. The van der Waals surface area contributed by atoms with Crippen LogP contribution in [-0.2, 0) is 0 Å². The maximum Gasteiger partial charge on any atom is 0.0523 e. The van der Waals surface area contributed by atoms with Crippen molar-refractivity contribution in [2.24, 2.45) is 0 Å². The van der Waals surface area contributed by atoms with Gasteiger partial charge in [0, 0.05) is 16.2 Å². The predicted molar refractivity (Wildman–Crippen MR) is 59.0 cm³/mol. The topological polar surface area (TPSA) is 12.0 Å². The number of hydrogen-bond donors (Lipinski definition) is 1. The van der Waals surface area contributed by atoms with E-state index in [1.807, 2.05) is 18.4 Å². The fourth-order valence-electron chi connectivity index (χ4n) is 1.24. The van der Waals surface area contributed by atoms with Crippen LogP contribution in [0.5, 0.6) is 0 Å². The third kappa shape index (κ3) is 2.33. The van der Waals surface area contributed by atoms with Crippen LogP contribution in [0, 0.1) is 26.2 Å². The molecule has 1 aromatic heterocycles. The molecule has 1 unspecified atom stereocenters. The van der Waals surface area contributed by atoms with Crippen molar-refractivity contribution in [1.29, 1.82) is 0 Å². The molecule has 1 heterocycles. The van der Waals surface area contributed by atoms with Crippen LogP contribution in [0.3, 0.4) is 0 Å². The maximum atomic E-state index is 5.30. The molecule has 13 heavy (non-hydrogen) atoms. The number of terminal acetylenes is 1. The fraction of sp³-hybridized carbons (Fsp3) is 0.455. The third-order valence-corrected chi connectivity index (χ3v) is 3.47. The van der Waals surface area contributed by atoms with Crippen molar-refractivity contribution in [2.45, 2.75) is 26.3 Å². The number of rotatable bonds is 3. The summed E-state index contributed by atoms with van der Waals surface area (Å²) in [6.45, 7) is 4.28. The maximum absolute atomic E-state index is 5.30. The summed E-state index contributed by atoms with van der Waals surface area (Å²) in [6, 6.07) is 2.54. The first kappa shape index (κ1) is 10.3. The lowest BCUT2D eigenvalue weighted by Crippen LogP contribution is -2.14. The van der Waals surface area contributed by atoms with E-state index in [2.05, 4.69) is 31.2 Å². The van der Waals surface area contributed by atoms with Gasteiger partial charge in [-0.2, -0.15) is 0 Å². The van der Waals surface area contributed by atoms with Crippen molar-refractivity contribution < 1.29 is 0 Å². The second-order valence-corrected chi connectivity index (χ2v) is 4.43. The summed E-state index contributed by atoms with van der Waals surface area (Å²) in [5.41, 5.74) is 1.36. The van der Waals surface area contributed by atoms with Crippen LogP contribution in [0.1, 0.15) is 27.8 Å². The van der Waals surface area contributed by atoms with E-state index in [1.165, 1.54) is 15.3 Å². The molecule has 1 aromatic rings. The molecule has 0 spiro atoms. The molecule has 2 heteroatoms. The summed E-state index contributed by atoms with van der Waals surface area (Å²) < 4.78 is 0. The molecule has 0 aromatic carbocycles. The SMILES string of the molecule is C#CCC(NC)c1cc(C)c(C)s1. The van der Waals surface area contributed by atoms with Gasteiger partial charge in [0.25, 0.3) is 0 Å². The second kappa shape index (κ2) is 4.45. The van der Waals surface area contributed by atoms with E-state index in [0.29, 0.717) is 6.04 Å². The van der Waals surface area contributed by atoms with Gasteiger partial charge in [0.1, 0.15) is 0 Å². The number of thiophene rings is 1. The van der Waals surface area contributed by atoms with Crippen LogP contribution in [0.25, 0.3) is 0 Å². The first-order valence-corrected chi connectivity index (χ1v) is 5.18. The number of aryl methyl sites for hydroxylation is 2. The molecule has 0 aliphatic rings. The largest absolute Gasteiger partial charge is 0.312 e. The zero-order valence-corrected chi connectivity index (χ0v) is 9.16. The first-order valence-electron chi connectivity index (χ1n) is 4.36. The highest BCUT2D eigenvalue weighted by Crippen LogP contribution is 2.27. The number of nitrogens with one attached hydrogen (secondary N) is 1. The molecule has 0 fully saturated rings. The molecule has 0 saturated carbocycles. The molecule has 0 radical (unpaired) electrons. The lowest BCUT2D eigenvalue weighted by molar-refractivity contribution is 0.622. The Kier molecular flexibility index (Phi) is 3.53. The van der Waals surface area contributed by atoms with Gasteiger partial charge in [-0.25, -0.2) is 0 Å². The molecular formula is C11H15NS. The monoisotopic (exact) mass is 193 g/mol. The third-order valence-electron chi connectivity index (χ3n) is 2.20. The standard InChI is InChI=1S/C11H15NS/c1-5-6-10(12-4)11-7-8(2)9(3)13-11/h1,7,10,12H,6H2,2-4H3. The van der Waals surface area contributed by atoms with Gasteiger partial charge in [-0.1, -0.05) is 0 Å². The quantitative estimate of drug-likeness (QED) is 0.728. The summed E-state index contributed by atoms with van der Waals surface area (Å²) in [5.74, 6) is 2.69. The highest BCUT2D eigenvalue weighted by molar-refractivity contribution is 7.12. The summed E-state index contributed by atoms with van der Waals surface area (Å²) >= 11 is 1.83. The zero-order chi connectivity index (χ0) is 9.84. The van der Waals surface area contributed by atoms with Gasteiger partial charge in [-0.15, -0.1) is 23.7 Å². The van der Waals surface area contributed by atoms with E-state index in [1.54, 1.807) is 0 Å². The van der Waals surface area contributed by atoms with E-state index in [4.69, 9.17) is 6.42 Å². The molecule has 0 aliphatic carbocycles. The number of hydrogen-bond acceptors (Lipinski definition) is 2. The fourth-order valence-corrected chi connectivity index (χ4v) is 2.39. The average molecular weight is 193 g/mol. The first-order chi connectivity index (χ1) is 6.19. The van der Waals surface area contributed by atoms with E-state index >= 15 is 0 Å². The van der Waals surface area contributed by atoms with Gasteiger partial charge >= 0.3 is 0 Å². The smallest absolute Gasteiger partial charge is 0.0523 e. The Morgan fingerprint density at radius 1 is 1.62 bits per heavy atom. The Labute approximate surface area is 84.2 Å². The van der Waals surface area contributed by atoms with Crippen LogP contribution >= 0.6 is 11.3 Å². The van der Waals surface area contributed by atoms with Gasteiger partial charge in [0.15, 0.2) is 0 Å². The predicted octanol–water partition coefficient (Wildman–Crippen LogP) is 2.65. The van der Waals surface area contributed by atoms with E-state index < -0.39 is 0 Å². The highest BCUT2D eigenvalue weighted by Gasteiger charge is 2.11. The molecule has 1 N–H and O–H groups in total. The minimum Gasteiger partial charge on any atom is -0.312 e. The van der Waals surface area contributed by atoms with Crippen molar-refractivity contribution in [1.82, 2.24) is 5.32 Å². The van der Waals surface area contributed by atoms with Gasteiger partial charge < -0.3 is 5.32 Å². The van der Waals surface area contributed by atoms with Crippen LogP contribution < -0.4 is 5.32 Å². The molecule has 0 aliphatic heterocycles. The molecular weight excluding hydrogens is 178 g/mol. The lowest BCUT2D eigenvalue weighted by atomic mass is 10.1. The Morgan fingerprint density at radius 2 is 2.31 bits per heavy atom. The van der Waals surface area contributed by atoms with Crippen molar-refractivity contribution in [3.63, 3.8) is 0 Å². The van der Waals surface area contributed by atoms with Gasteiger partial charge in [0.2, 0.25) is 0 Å². The molecule has 1 rings (SSSR count). The molecule has 1 atom stereocenters. The van der Waals surface area contributed by atoms with Crippen molar-refractivity contribution in [3.05, 3.63) is 21.4 Å². The van der Waals surface area contributed by atoms with E-state index in [0.717, 1.165) is 6.42 Å². The normalized spacial score (nSPS) is 12.5. The Bertz CT molecular complexity index is 300. The summed E-state index contributed by atoms with van der Waals surface area (Å²) in [7, 11) is 1.95. The Morgan fingerprint density at radius 3 is 2.69 bits per heavy atom. The van der Waals surface area contributed by atoms with Gasteiger partial charge in [-0.05, 0) is 32.5 Å². The van der Waals surface area contributed by atoms with Crippen LogP contribution in [-0.4, -0.2) is 7.05 Å². The molecule has 0 saturated heterocycles. The summed E-state index contributed by atoms with van der Waals surface area (Å²) in [4.78, 5) is 2.72. The summed E-state index contributed by atoms with van der Waals surface area (Å²) in [5, 5.41) is 3.23. The van der Waals surface area contributed by atoms with Crippen LogP contribution in [0.15, 0.2) is 6.07 Å². The van der Waals surface area contributed by atoms with Gasteiger partial charge in [0.05, 0.1) is 6.04 Å². The highest BCUT2D eigenvalue weighted by atomic mass is 32.1. The minimum absolute atomic E-state index is 0.322. The lowest BCUT2D eigenvalue weighted by Gasteiger charge is -2.09. The Hall–Kier alpha value is -0.780. The Balaban J connectivity index is 2.86. The van der Waals surface area contributed by atoms with Crippen molar-refractivity contribution in [2.75, 3.05) is 7.05 Å². The summed E-state index contributed by atoms with van der Waals surface area (Å²) in [6.07, 6.45) is 6.06. The van der Waals surface area contributed by atoms with E-state index in [9.17, 15) is 0 Å². The van der Waals surface area contributed by atoms with Gasteiger partial charge in [-0.3, -0.25) is 0 Å². The molecule has 70 valence electrons.